The van der Waals surface area contributed by atoms with E-state index in [2.05, 4.69) is 20.0 Å². The van der Waals surface area contributed by atoms with Crippen LogP contribution in [-0.2, 0) is 11.3 Å². The Morgan fingerprint density at radius 2 is 1.86 bits per heavy atom. The van der Waals surface area contributed by atoms with Crippen molar-refractivity contribution in [3.63, 3.8) is 0 Å². The van der Waals surface area contributed by atoms with Crippen LogP contribution in [0.5, 0.6) is 5.75 Å². The van der Waals surface area contributed by atoms with Crippen LogP contribution in [0.1, 0.15) is 66.3 Å². The molecule has 2 aromatic heterocycles. The third-order valence-electron chi connectivity index (χ3n) is 7.40. The number of halogens is 2. The number of ether oxygens (including phenoxy) is 2. The fourth-order valence-corrected chi connectivity index (χ4v) is 5.60. The molecule has 2 unspecified atom stereocenters. The summed E-state index contributed by atoms with van der Waals surface area (Å²) < 4.78 is 42.9. The van der Waals surface area contributed by atoms with E-state index in [-0.39, 0.29) is 42.2 Å². The van der Waals surface area contributed by atoms with Gasteiger partial charge in [0.15, 0.2) is 5.69 Å². The fraction of sp³-hybridized carbons (Fsp3) is 0.462. The molecule has 2 bridgehead atoms. The number of para-hydroxylation sites is 1. The first-order valence-corrected chi connectivity index (χ1v) is 12.5. The second kappa shape index (κ2) is 9.70. The third kappa shape index (κ3) is 4.75. The van der Waals surface area contributed by atoms with Crippen molar-refractivity contribution in [2.75, 3.05) is 4.90 Å². The number of carboxylic acid groups (broad SMARTS) is 1. The molecule has 1 aliphatic carbocycles. The highest BCUT2D eigenvalue weighted by Crippen LogP contribution is 2.46. The van der Waals surface area contributed by atoms with Crippen LogP contribution in [0.25, 0.3) is 11.3 Å². The van der Waals surface area contributed by atoms with Gasteiger partial charge in [-0.1, -0.05) is 17.3 Å². The van der Waals surface area contributed by atoms with Gasteiger partial charge in [0.1, 0.15) is 23.0 Å². The molecule has 2 aliphatic heterocycles. The van der Waals surface area contributed by atoms with Crippen LogP contribution in [-0.4, -0.2) is 51.0 Å². The molecule has 0 radical (unpaired) electrons. The number of piperidine rings is 1. The quantitative estimate of drug-likeness (QED) is 0.422. The summed E-state index contributed by atoms with van der Waals surface area (Å²) in [5, 5.41) is 13.3. The van der Waals surface area contributed by atoms with Gasteiger partial charge in [-0.15, -0.1) is 0 Å². The molecule has 3 aliphatic rings. The lowest BCUT2D eigenvalue weighted by Gasteiger charge is -2.39. The number of aromatic nitrogens is 3. The Morgan fingerprint density at radius 3 is 2.51 bits per heavy atom. The number of nitrogens with zero attached hydrogens (tertiary/aromatic N) is 4. The molecule has 3 fully saturated rings. The van der Waals surface area contributed by atoms with Gasteiger partial charge >= 0.3 is 12.6 Å². The van der Waals surface area contributed by atoms with E-state index >= 15 is 0 Å². The lowest BCUT2D eigenvalue weighted by atomic mass is 9.99. The van der Waals surface area contributed by atoms with Crippen LogP contribution in [0.4, 0.5) is 14.6 Å². The number of hydrogen-bond donors (Lipinski definition) is 1. The molecule has 1 saturated carbocycles. The molecule has 37 heavy (non-hydrogen) atoms. The van der Waals surface area contributed by atoms with Crippen molar-refractivity contribution in [1.29, 1.82) is 0 Å². The minimum absolute atomic E-state index is 0.00219. The van der Waals surface area contributed by atoms with E-state index < -0.39 is 12.6 Å². The Kier molecular flexibility index (Phi) is 6.23. The number of fused-ring (bicyclic) bond motifs is 2. The summed E-state index contributed by atoms with van der Waals surface area (Å²) in [5.41, 5.74) is 1.64. The summed E-state index contributed by atoms with van der Waals surface area (Å²) in [7, 11) is 0. The number of aromatic carboxylic acids is 1. The van der Waals surface area contributed by atoms with E-state index in [1.165, 1.54) is 18.5 Å². The van der Waals surface area contributed by atoms with Crippen molar-refractivity contribution < 1.29 is 32.7 Å². The number of anilines is 1. The lowest BCUT2D eigenvalue weighted by molar-refractivity contribution is -0.0494. The molecule has 0 spiro atoms. The van der Waals surface area contributed by atoms with Gasteiger partial charge in [0.2, 0.25) is 0 Å². The minimum Gasteiger partial charge on any atom is -0.476 e. The molecule has 0 amide bonds. The fourth-order valence-electron chi connectivity index (χ4n) is 5.60. The van der Waals surface area contributed by atoms with Crippen LogP contribution in [0, 0.1) is 0 Å². The Bertz CT molecular complexity index is 1270. The average Bonchev–Trinajstić information content (AvgIpc) is 3.59. The van der Waals surface area contributed by atoms with Crippen molar-refractivity contribution in [3.05, 3.63) is 53.7 Å². The number of carboxylic acids is 1. The Morgan fingerprint density at radius 1 is 1.11 bits per heavy atom. The summed E-state index contributed by atoms with van der Waals surface area (Å²) >= 11 is 0. The molecule has 1 aromatic carbocycles. The number of benzene rings is 1. The zero-order valence-corrected chi connectivity index (χ0v) is 19.9. The Hall–Kier alpha value is -3.60. The molecule has 3 aromatic rings. The summed E-state index contributed by atoms with van der Waals surface area (Å²) in [6.07, 6.45) is 8.41. The average molecular weight is 513 g/mol. The first-order valence-electron chi connectivity index (χ1n) is 12.5. The van der Waals surface area contributed by atoms with Gasteiger partial charge in [0.05, 0.1) is 25.1 Å². The molecular formula is C26H26F2N4O5. The van der Waals surface area contributed by atoms with E-state index in [4.69, 9.17) is 19.1 Å². The number of alkyl halides is 2. The topological polar surface area (TPSA) is 111 Å². The van der Waals surface area contributed by atoms with Gasteiger partial charge in [0.25, 0.3) is 0 Å². The maximum Gasteiger partial charge on any atom is 0.387 e. The predicted octanol–water partition coefficient (Wildman–Crippen LogP) is 5.03. The Balaban J connectivity index is 1.19. The van der Waals surface area contributed by atoms with E-state index in [1.807, 2.05) is 0 Å². The van der Waals surface area contributed by atoms with Crippen LogP contribution < -0.4 is 9.64 Å². The highest BCUT2D eigenvalue weighted by molar-refractivity contribution is 5.84. The van der Waals surface area contributed by atoms with Gasteiger partial charge in [-0.2, -0.15) is 8.78 Å². The normalized spacial score (nSPS) is 23.0. The van der Waals surface area contributed by atoms with Crippen molar-refractivity contribution in [2.24, 2.45) is 0 Å². The van der Waals surface area contributed by atoms with E-state index in [9.17, 15) is 13.6 Å². The van der Waals surface area contributed by atoms with Crippen LogP contribution >= 0.6 is 0 Å². The van der Waals surface area contributed by atoms with Crippen molar-refractivity contribution >= 4 is 11.8 Å². The lowest BCUT2D eigenvalue weighted by Crippen LogP contribution is -2.46. The maximum atomic E-state index is 13.0. The predicted molar refractivity (Wildman–Crippen MR) is 127 cm³/mol. The second-order valence-electron chi connectivity index (χ2n) is 9.78. The molecule has 9 nitrogen and oxygen atoms in total. The molecule has 1 N–H and O–H groups in total. The standard InChI is InChI=1S/C26H26F2N4O5/c27-26(28)36-21-4-2-1-3-18(21)23-19(24(37-31-23)14-5-6-14)13-35-17-9-15-7-8-16(10-17)32(15)22-12-29-20(11-30-22)25(33)34/h1-4,11-12,14-17,26H,5-10,13H2,(H,33,34). The largest absolute Gasteiger partial charge is 0.476 e. The van der Waals surface area contributed by atoms with Gasteiger partial charge < -0.3 is 24.0 Å². The molecular weight excluding hydrogens is 486 g/mol. The molecule has 194 valence electrons. The van der Waals surface area contributed by atoms with Gasteiger partial charge in [0, 0.05) is 29.1 Å². The highest BCUT2D eigenvalue weighted by atomic mass is 19.3. The van der Waals surface area contributed by atoms with E-state index in [0.29, 0.717) is 17.1 Å². The summed E-state index contributed by atoms with van der Waals surface area (Å²) in [4.78, 5) is 21.7. The van der Waals surface area contributed by atoms with Gasteiger partial charge in [-0.25, -0.2) is 14.8 Å². The van der Waals surface area contributed by atoms with Gasteiger partial charge in [-0.3, -0.25) is 0 Å². The summed E-state index contributed by atoms with van der Waals surface area (Å²) in [5.74, 6) is 0.667. The monoisotopic (exact) mass is 512 g/mol. The molecule has 2 saturated heterocycles. The van der Waals surface area contributed by atoms with E-state index in [0.717, 1.165) is 49.8 Å². The second-order valence-corrected chi connectivity index (χ2v) is 9.78. The minimum atomic E-state index is -2.94. The molecule has 2 atom stereocenters. The van der Waals surface area contributed by atoms with E-state index in [1.54, 1.807) is 18.2 Å². The zero-order valence-electron chi connectivity index (χ0n) is 19.9. The summed E-state index contributed by atoms with van der Waals surface area (Å²) in [6.45, 7) is -2.67. The first-order chi connectivity index (χ1) is 18.0. The van der Waals surface area contributed by atoms with Crippen molar-refractivity contribution in [1.82, 2.24) is 15.1 Å². The van der Waals surface area contributed by atoms with Crippen LogP contribution in [0.2, 0.25) is 0 Å². The number of carbonyl (C=O) groups is 1. The van der Waals surface area contributed by atoms with Gasteiger partial charge in [-0.05, 0) is 50.7 Å². The smallest absolute Gasteiger partial charge is 0.387 e. The number of hydrogen-bond acceptors (Lipinski definition) is 8. The zero-order chi connectivity index (χ0) is 25.5. The SMILES string of the molecule is O=C(O)c1cnc(N2C3CCC2CC(OCc2c(-c4ccccc4OC(F)F)noc2C2CC2)C3)cn1. The Labute approximate surface area is 211 Å². The molecule has 11 heteroatoms. The maximum absolute atomic E-state index is 13.0. The first kappa shape index (κ1) is 23.8. The van der Waals surface area contributed by atoms with Crippen LogP contribution in [0.15, 0.2) is 41.2 Å². The highest BCUT2D eigenvalue weighted by Gasteiger charge is 2.42. The van der Waals surface area contributed by atoms with Crippen molar-refractivity contribution in [2.45, 2.75) is 75.8 Å². The summed E-state index contributed by atoms with van der Waals surface area (Å²) in [6, 6.07) is 7.03. The number of rotatable bonds is 9. The van der Waals surface area contributed by atoms with Crippen molar-refractivity contribution in [3.8, 4) is 17.0 Å². The third-order valence-corrected chi connectivity index (χ3v) is 7.40. The molecule has 6 rings (SSSR count). The molecule has 4 heterocycles. The van der Waals surface area contributed by atoms with Crippen LogP contribution in [0.3, 0.4) is 0 Å².